The van der Waals surface area contributed by atoms with Gasteiger partial charge in [-0.1, -0.05) is 41.3 Å². The van der Waals surface area contributed by atoms with Crippen molar-refractivity contribution in [3.8, 4) is 0 Å². The van der Waals surface area contributed by atoms with Crippen molar-refractivity contribution in [3.63, 3.8) is 0 Å². The number of carbonyl (C=O) groups is 1. The minimum Gasteiger partial charge on any atom is -0.481 e. The first-order chi connectivity index (χ1) is 9.93. The fraction of sp³-hybridized carbons (Fsp3) is 0.562. The van der Waals surface area contributed by atoms with Gasteiger partial charge < -0.3 is 5.11 Å². The lowest BCUT2D eigenvalue weighted by Gasteiger charge is -2.44. The molecule has 1 saturated carbocycles. The van der Waals surface area contributed by atoms with Gasteiger partial charge in [0.2, 0.25) is 0 Å². The molecule has 1 aliphatic rings. The van der Waals surface area contributed by atoms with E-state index in [9.17, 15) is 14.3 Å². The van der Waals surface area contributed by atoms with Crippen LogP contribution in [0.1, 0.15) is 44.1 Å². The maximum absolute atomic E-state index is 13.2. The zero-order chi connectivity index (χ0) is 15.5. The third-order valence-corrected chi connectivity index (χ3v) is 5.24. The van der Waals surface area contributed by atoms with Crippen molar-refractivity contribution < 1.29 is 14.3 Å². The van der Waals surface area contributed by atoms with E-state index in [4.69, 9.17) is 0 Å². The summed E-state index contributed by atoms with van der Waals surface area (Å²) in [6.07, 6.45) is 5.31. The summed E-state index contributed by atoms with van der Waals surface area (Å²) < 4.78 is 13.9. The lowest BCUT2D eigenvalue weighted by atomic mass is 9.78. The van der Waals surface area contributed by atoms with Crippen LogP contribution in [0.2, 0.25) is 0 Å². The highest BCUT2D eigenvalue weighted by Gasteiger charge is 2.38. The lowest BCUT2D eigenvalue weighted by Crippen LogP contribution is -2.49. The third-order valence-electron chi connectivity index (χ3n) is 4.50. The second-order valence-corrected chi connectivity index (χ2v) is 6.80. The van der Waals surface area contributed by atoms with Gasteiger partial charge in [-0.2, -0.15) is 0 Å². The molecule has 116 valence electrons. The molecule has 3 nitrogen and oxygen atoms in total. The Labute approximate surface area is 133 Å². The standard InChI is InChI=1S/C16H21BrFNO2/c1-19(11-12-5-6-13(18)9-14(12)17)16(10-15(20)21)7-3-2-4-8-16/h5-6,9H,2-4,7-8,10-11H2,1H3,(H,20,21). The van der Waals surface area contributed by atoms with Crippen LogP contribution in [0.4, 0.5) is 4.39 Å². The van der Waals surface area contributed by atoms with Crippen LogP contribution in [0.3, 0.4) is 0 Å². The number of carboxylic acids is 1. The molecule has 5 heteroatoms. The predicted octanol–water partition coefficient (Wildman–Crippen LogP) is 4.20. The highest BCUT2D eigenvalue weighted by atomic mass is 79.9. The van der Waals surface area contributed by atoms with Crippen LogP contribution in [0.15, 0.2) is 22.7 Å². The Kier molecular flexibility index (Phi) is 5.38. The monoisotopic (exact) mass is 357 g/mol. The zero-order valence-electron chi connectivity index (χ0n) is 12.2. The maximum atomic E-state index is 13.2. The fourth-order valence-electron chi connectivity index (χ4n) is 3.26. The van der Waals surface area contributed by atoms with E-state index < -0.39 is 5.97 Å². The molecule has 1 aromatic rings. The van der Waals surface area contributed by atoms with Crippen LogP contribution in [0.5, 0.6) is 0 Å². The Morgan fingerprint density at radius 3 is 2.62 bits per heavy atom. The smallest absolute Gasteiger partial charge is 0.305 e. The summed E-state index contributed by atoms with van der Waals surface area (Å²) >= 11 is 3.39. The summed E-state index contributed by atoms with van der Waals surface area (Å²) in [5.41, 5.74) is 0.701. The number of nitrogens with zero attached hydrogens (tertiary/aromatic N) is 1. The fourth-order valence-corrected chi connectivity index (χ4v) is 3.73. The first-order valence-electron chi connectivity index (χ1n) is 7.30. The molecule has 21 heavy (non-hydrogen) atoms. The number of hydrogen-bond acceptors (Lipinski definition) is 2. The molecule has 0 atom stereocenters. The molecular formula is C16H21BrFNO2. The second kappa shape index (κ2) is 6.88. The Balaban J connectivity index is 2.17. The normalized spacial score (nSPS) is 17.9. The molecule has 1 fully saturated rings. The van der Waals surface area contributed by atoms with Crippen molar-refractivity contribution >= 4 is 21.9 Å². The van der Waals surface area contributed by atoms with E-state index in [1.54, 1.807) is 6.07 Å². The molecule has 1 N–H and O–H groups in total. The van der Waals surface area contributed by atoms with Gasteiger partial charge in [-0.05, 0) is 37.6 Å². The zero-order valence-corrected chi connectivity index (χ0v) is 13.8. The topological polar surface area (TPSA) is 40.5 Å². The average molecular weight is 358 g/mol. The number of carboxylic acid groups (broad SMARTS) is 1. The minimum absolute atomic E-state index is 0.169. The van der Waals surface area contributed by atoms with Crippen LogP contribution in [-0.4, -0.2) is 28.6 Å². The highest BCUT2D eigenvalue weighted by molar-refractivity contribution is 9.10. The average Bonchev–Trinajstić information content (AvgIpc) is 2.42. The molecule has 1 aliphatic carbocycles. The number of benzene rings is 1. The Morgan fingerprint density at radius 1 is 1.38 bits per heavy atom. The van der Waals surface area contributed by atoms with E-state index in [0.29, 0.717) is 6.54 Å². The molecule has 1 aromatic carbocycles. The first-order valence-corrected chi connectivity index (χ1v) is 8.09. The van der Waals surface area contributed by atoms with Crippen molar-refractivity contribution in [3.05, 3.63) is 34.1 Å². The van der Waals surface area contributed by atoms with E-state index >= 15 is 0 Å². The molecule has 0 amide bonds. The van der Waals surface area contributed by atoms with E-state index in [-0.39, 0.29) is 17.8 Å². The van der Waals surface area contributed by atoms with Gasteiger partial charge >= 0.3 is 5.97 Å². The summed E-state index contributed by atoms with van der Waals surface area (Å²) in [5.74, 6) is -1.02. The van der Waals surface area contributed by atoms with Gasteiger partial charge in [0.05, 0.1) is 6.42 Å². The van der Waals surface area contributed by atoms with Crippen molar-refractivity contribution in [2.45, 2.75) is 50.6 Å². The van der Waals surface area contributed by atoms with Crippen LogP contribution in [0, 0.1) is 5.82 Å². The van der Waals surface area contributed by atoms with Crippen LogP contribution in [0.25, 0.3) is 0 Å². The molecule has 0 aromatic heterocycles. The van der Waals surface area contributed by atoms with Crippen molar-refractivity contribution in [1.29, 1.82) is 0 Å². The summed E-state index contributed by atoms with van der Waals surface area (Å²) in [6.45, 7) is 0.619. The van der Waals surface area contributed by atoms with E-state index in [2.05, 4.69) is 20.8 Å². The van der Waals surface area contributed by atoms with Crippen molar-refractivity contribution in [2.24, 2.45) is 0 Å². The molecule has 0 unspecified atom stereocenters. The predicted molar refractivity (Wildman–Crippen MR) is 83.6 cm³/mol. The van der Waals surface area contributed by atoms with Gasteiger partial charge in [0.15, 0.2) is 0 Å². The molecule has 0 heterocycles. The summed E-state index contributed by atoms with van der Waals surface area (Å²) in [5, 5.41) is 9.25. The molecule has 0 spiro atoms. The summed E-state index contributed by atoms with van der Waals surface area (Å²) in [4.78, 5) is 13.4. The SMILES string of the molecule is CN(Cc1ccc(F)cc1Br)C1(CC(=O)O)CCCCC1. The molecule has 2 rings (SSSR count). The van der Waals surface area contributed by atoms with Crippen LogP contribution < -0.4 is 0 Å². The second-order valence-electron chi connectivity index (χ2n) is 5.95. The Bertz CT molecular complexity index is 515. The van der Waals surface area contributed by atoms with E-state index in [0.717, 1.165) is 35.7 Å². The molecule has 0 saturated heterocycles. The minimum atomic E-state index is -0.748. The quantitative estimate of drug-likeness (QED) is 0.858. The molecule has 0 bridgehead atoms. The first kappa shape index (κ1) is 16.4. The van der Waals surface area contributed by atoms with Gasteiger partial charge in [0.25, 0.3) is 0 Å². The van der Waals surface area contributed by atoms with Gasteiger partial charge in [0.1, 0.15) is 5.82 Å². The van der Waals surface area contributed by atoms with E-state index in [1.807, 2.05) is 7.05 Å². The van der Waals surface area contributed by atoms with Gasteiger partial charge in [-0.25, -0.2) is 4.39 Å². The van der Waals surface area contributed by atoms with Gasteiger partial charge in [-0.3, -0.25) is 9.69 Å². The summed E-state index contributed by atoms with van der Waals surface area (Å²) in [7, 11) is 1.98. The Morgan fingerprint density at radius 2 is 2.05 bits per heavy atom. The summed E-state index contributed by atoms with van der Waals surface area (Å²) in [6, 6.07) is 4.65. The van der Waals surface area contributed by atoms with Gasteiger partial charge in [-0.15, -0.1) is 0 Å². The largest absolute Gasteiger partial charge is 0.481 e. The lowest BCUT2D eigenvalue weighted by molar-refractivity contribution is -0.141. The number of rotatable bonds is 5. The van der Waals surface area contributed by atoms with Gasteiger partial charge in [0, 0.05) is 16.6 Å². The van der Waals surface area contributed by atoms with Crippen molar-refractivity contribution in [2.75, 3.05) is 7.05 Å². The number of halogens is 2. The van der Waals surface area contributed by atoms with Crippen molar-refractivity contribution in [1.82, 2.24) is 4.90 Å². The molecular weight excluding hydrogens is 337 g/mol. The molecule has 0 aliphatic heterocycles. The number of hydrogen-bond donors (Lipinski definition) is 1. The van der Waals surface area contributed by atoms with Crippen LogP contribution >= 0.6 is 15.9 Å². The highest BCUT2D eigenvalue weighted by Crippen LogP contribution is 2.37. The van der Waals surface area contributed by atoms with Crippen LogP contribution in [-0.2, 0) is 11.3 Å². The third kappa shape index (κ3) is 4.04. The Hall–Kier alpha value is -0.940. The van der Waals surface area contributed by atoms with E-state index in [1.165, 1.54) is 18.6 Å². The molecule has 0 radical (unpaired) electrons. The number of aliphatic carboxylic acids is 1. The maximum Gasteiger partial charge on any atom is 0.305 e.